The molecule has 0 spiro atoms. The van der Waals surface area contributed by atoms with Crippen LogP contribution in [0.4, 0.5) is 5.69 Å². The van der Waals surface area contributed by atoms with Crippen LogP contribution in [0.5, 0.6) is 0 Å². The summed E-state index contributed by atoms with van der Waals surface area (Å²) in [5.41, 5.74) is 6.95. The maximum absolute atomic E-state index is 12.9. The van der Waals surface area contributed by atoms with Crippen molar-refractivity contribution in [3.05, 3.63) is 234 Å². The Bertz CT molecular complexity index is 6000. The Balaban J connectivity index is 1.26. The van der Waals surface area contributed by atoms with Crippen molar-refractivity contribution < 1.29 is 13.7 Å². The number of thiophene rings is 2. The number of fused-ring (bicyclic) bond motifs is 20. The van der Waals surface area contributed by atoms with Crippen LogP contribution in [0, 0.1) is 31.8 Å². The van der Waals surface area contributed by atoms with Crippen LogP contribution in [-0.4, -0.2) is 18.3 Å². The fourth-order valence-corrected chi connectivity index (χ4v) is 15.0. The van der Waals surface area contributed by atoms with Crippen LogP contribution in [-0.2, 0) is 0 Å². The van der Waals surface area contributed by atoms with E-state index in [2.05, 4.69) is 54.0 Å². The van der Waals surface area contributed by atoms with Crippen molar-refractivity contribution >= 4 is 156 Å². The standard InChI is InChI=1S/C70H40N6S2/c1-39-36-52-49-33-35-51-47-24-10-17-31-61(47)78-70(51)66(49)76(59(52)37-40(39)2)63-53(38-71)64(73-54-25-11-4-18-41(54)42-19-5-12-26-55(42)73)68(67(62(63)72-3)74-56-27-13-6-20-43(56)44-21-7-14-28-57(44)74)75-58-29-15-8-22-45(58)48-32-34-50-46-23-9-16-30-60(46)77-69(50)65(48)75/h4-37H,1-2H3/i8D,9D,15D,16D,22D,23D,29D,30D,32D,34D. The molecule has 0 N–H and O–H groups in total. The Hall–Kier alpha value is -9.96. The summed E-state index contributed by atoms with van der Waals surface area (Å²) < 4.78 is 106. The fraction of sp³-hybridized carbons (Fsp3) is 0.0286. The van der Waals surface area contributed by atoms with Crippen molar-refractivity contribution in [2.75, 3.05) is 0 Å². The first-order valence-corrected chi connectivity index (χ1v) is 27.0. The summed E-state index contributed by atoms with van der Waals surface area (Å²) in [6, 6.07) is 46.1. The maximum atomic E-state index is 12.9. The molecule has 0 aliphatic heterocycles. The van der Waals surface area contributed by atoms with Crippen LogP contribution >= 0.6 is 22.7 Å². The van der Waals surface area contributed by atoms with Gasteiger partial charge >= 0.3 is 0 Å². The van der Waals surface area contributed by atoms with Crippen LogP contribution in [0.2, 0.25) is 0 Å². The maximum Gasteiger partial charge on any atom is 0.237 e. The van der Waals surface area contributed by atoms with Gasteiger partial charge in [-0.05, 0) is 79.5 Å². The molecule has 362 valence electrons. The van der Waals surface area contributed by atoms with E-state index in [1.807, 2.05) is 125 Å². The minimum atomic E-state index is -0.603. The highest BCUT2D eigenvalue weighted by Crippen LogP contribution is 2.54. The van der Waals surface area contributed by atoms with E-state index in [-0.39, 0.29) is 82.0 Å². The first-order chi connectivity index (χ1) is 42.7. The molecular weight excluding hydrogens is 989 g/mol. The molecule has 8 heteroatoms. The highest BCUT2D eigenvalue weighted by molar-refractivity contribution is 7.27. The molecule has 0 bridgehead atoms. The normalized spacial score (nSPS) is 14.0. The van der Waals surface area contributed by atoms with Crippen LogP contribution in [0.3, 0.4) is 0 Å². The number of aryl methyl sites for hydroxylation is 2. The van der Waals surface area contributed by atoms with Crippen molar-refractivity contribution in [1.29, 1.82) is 5.26 Å². The van der Waals surface area contributed by atoms with Gasteiger partial charge in [0.15, 0.2) is 0 Å². The van der Waals surface area contributed by atoms with E-state index >= 15 is 0 Å². The minimum absolute atomic E-state index is 0.00364. The summed E-state index contributed by atoms with van der Waals surface area (Å²) in [7, 11) is 0. The first kappa shape index (κ1) is 34.6. The van der Waals surface area contributed by atoms with Gasteiger partial charge in [-0.3, -0.25) is 0 Å². The molecule has 11 aromatic carbocycles. The van der Waals surface area contributed by atoms with Gasteiger partial charge in [-0.15, -0.1) is 22.7 Å². The number of hydrogen-bond acceptors (Lipinski definition) is 3. The predicted molar refractivity (Wildman–Crippen MR) is 330 cm³/mol. The molecule has 6 aromatic heterocycles. The van der Waals surface area contributed by atoms with Gasteiger partial charge in [0.1, 0.15) is 6.07 Å². The number of aromatic nitrogens is 4. The van der Waals surface area contributed by atoms with Crippen molar-refractivity contribution in [2.24, 2.45) is 0 Å². The third kappa shape index (κ3) is 5.52. The van der Waals surface area contributed by atoms with Gasteiger partial charge in [0.05, 0.1) is 102 Å². The molecule has 0 atom stereocenters. The summed E-state index contributed by atoms with van der Waals surface area (Å²) >= 11 is 2.61. The smallest absolute Gasteiger partial charge is 0.237 e. The molecule has 17 aromatic rings. The van der Waals surface area contributed by atoms with Crippen LogP contribution in [0.1, 0.15) is 30.4 Å². The number of nitriles is 1. The van der Waals surface area contributed by atoms with Gasteiger partial charge in [-0.2, -0.15) is 5.26 Å². The highest BCUT2D eigenvalue weighted by atomic mass is 32.1. The van der Waals surface area contributed by atoms with E-state index in [1.54, 1.807) is 15.9 Å². The molecule has 0 fully saturated rings. The Morgan fingerprint density at radius 3 is 1.59 bits per heavy atom. The highest BCUT2D eigenvalue weighted by Gasteiger charge is 2.35. The number of benzene rings is 11. The molecule has 17 rings (SSSR count). The minimum Gasteiger partial charge on any atom is -0.317 e. The zero-order valence-corrected chi connectivity index (χ0v) is 43.0. The lowest BCUT2D eigenvalue weighted by atomic mass is 10.0. The summed E-state index contributed by atoms with van der Waals surface area (Å²) in [4.78, 5) is 4.73. The molecule has 0 aliphatic rings. The molecule has 0 unspecified atom stereocenters. The summed E-state index contributed by atoms with van der Waals surface area (Å²) in [5.74, 6) is 0. The molecule has 0 saturated carbocycles. The van der Waals surface area contributed by atoms with Gasteiger partial charge < -0.3 is 18.3 Å². The number of hydrogen-bond donors (Lipinski definition) is 0. The largest absolute Gasteiger partial charge is 0.317 e. The van der Waals surface area contributed by atoms with E-state index < -0.39 is 54.4 Å². The summed E-state index contributed by atoms with van der Waals surface area (Å²) in [6.45, 7) is 14.2. The third-order valence-electron chi connectivity index (χ3n) is 16.0. The zero-order valence-electron chi connectivity index (χ0n) is 51.4. The van der Waals surface area contributed by atoms with Gasteiger partial charge in [0.2, 0.25) is 5.69 Å². The topological polar surface area (TPSA) is 47.9 Å². The Kier molecular flexibility index (Phi) is 7.00. The first-order valence-electron chi connectivity index (χ1n) is 30.4. The van der Waals surface area contributed by atoms with E-state index in [1.165, 1.54) is 0 Å². The number of nitrogens with zero attached hydrogens (tertiary/aromatic N) is 6. The summed E-state index contributed by atoms with van der Waals surface area (Å²) in [5, 5.41) is 19.9. The Labute approximate surface area is 467 Å². The number of rotatable bonds is 4. The van der Waals surface area contributed by atoms with Gasteiger partial charge in [0, 0.05) is 74.0 Å². The molecule has 0 amide bonds. The summed E-state index contributed by atoms with van der Waals surface area (Å²) in [6.07, 6.45) is 0. The van der Waals surface area contributed by atoms with E-state index in [0.717, 1.165) is 86.0 Å². The molecule has 0 radical (unpaired) electrons. The average molecular weight is 1040 g/mol. The quantitative estimate of drug-likeness (QED) is 0.162. The second kappa shape index (κ2) is 15.8. The van der Waals surface area contributed by atoms with Crippen molar-refractivity contribution in [3.63, 3.8) is 0 Å². The van der Waals surface area contributed by atoms with Gasteiger partial charge in [0.25, 0.3) is 0 Å². The van der Waals surface area contributed by atoms with Crippen LogP contribution in [0.15, 0.2) is 206 Å². The van der Waals surface area contributed by atoms with E-state index in [0.29, 0.717) is 22.1 Å². The lowest BCUT2D eigenvalue weighted by molar-refractivity contribution is 1.04. The SMILES string of the molecule is [2H]c1c([2H])c([2H])c2c(sc3c2c([2H])c([2H])c2c4c([2H])c([2H])c([2H])c([2H])c4n(-c4c(-n5c6ccccc6c6ccccc65)c(C#N)c(-n5c6cc(C)c(C)cc6c6ccc7c8ccccc8sc7c65)c([N+]#[C-])c4-n4c5ccccc5c5ccccc54)c32)c1[2H]. The molecule has 6 nitrogen and oxygen atoms in total. The molecule has 6 heterocycles. The van der Waals surface area contributed by atoms with Crippen molar-refractivity contribution in [2.45, 2.75) is 13.8 Å². The lowest BCUT2D eigenvalue weighted by Crippen LogP contribution is -2.14. The molecule has 78 heavy (non-hydrogen) atoms. The van der Waals surface area contributed by atoms with Gasteiger partial charge in [-0.1, -0.05) is 151 Å². The molecular formula is C70H40N6S2. The predicted octanol–water partition coefficient (Wildman–Crippen LogP) is 19.9. The monoisotopic (exact) mass is 1040 g/mol. The van der Waals surface area contributed by atoms with Crippen LogP contribution < -0.4 is 0 Å². The Morgan fingerprint density at radius 1 is 0.410 bits per heavy atom. The Morgan fingerprint density at radius 2 is 0.923 bits per heavy atom. The van der Waals surface area contributed by atoms with E-state index in [9.17, 15) is 22.8 Å². The van der Waals surface area contributed by atoms with Gasteiger partial charge in [-0.25, -0.2) is 4.85 Å². The van der Waals surface area contributed by atoms with Crippen LogP contribution in [0.25, 0.3) is 155 Å². The van der Waals surface area contributed by atoms with Crippen molar-refractivity contribution in [3.8, 4) is 28.8 Å². The molecule has 0 aliphatic carbocycles. The van der Waals surface area contributed by atoms with Crippen molar-refractivity contribution in [1.82, 2.24) is 18.3 Å². The second-order valence-electron chi connectivity index (χ2n) is 19.8. The third-order valence-corrected chi connectivity index (χ3v) is 18.3. The lowest BCUT2D eigenvalue weighted by Gasteiger charge is -2.27. The van der Waals surface area contributed by atoms with E-state index in [4.69, 9.17) is 7.59 Å². The molecule has 0 saturated heterocycles. The zero-order chi connectivity index (χ0) is 60.4. The fourth-order valence-electron chi connectivity index (χ4n) is 12.6. The number of para-hydroxylation sites is 5. The second-order valence-corrected chi connectivity index (χ2v) is 21.9. The average Bonchev–Trinajstić information content (AvgIpc) is 1.49.